The molecule has 1 aliphatic rings. The second-order valence-electron chi connectivity index (χ2n) is 6.18. The number of aromatic nitrogens is 2. The van der Waals surface area contributed by atoms with Gasteiger partial charge in [-0.05, 0) is 37.1 Å². The molecule has 2 aromatic heterocycles. The highest BCUT2D eigenvalue weighted by Gasteiger charge is 2.20. The third-order valence-electron chi connectivity index (χ3n) is 4.86. The van der Waals surface area contributed by atoms with Gasteiger partial charge in [-0.25, -0.2) is 4.99 Å². The molecule has 114 valence electrons. The molecule has 0 bridgehead atoms. The lowest BCUT2D eigenvalue weighted by Crippen LogP contribution is -2.03. The molecule has 4 nitrogen and oxygen atoms in total. The summed E-state index contributed by atoms with van der Waals surface area (Å²) in [6.07, 6.45) is 0. The number of aliphatic imine (C=N–C) groups is 1. The van der Waals surface area contributed by atoms with E-state index in [1.165, 1.54) is 38.3 Å². The highest BCUT2D eigenvalue weighted by atomic mass is 16.5. The van der Waals surface area contributed by atoms with Gasteiger partial charge in [0, 0.05) is 27.2 Å². The Kier molecular flexibility index (Phi) is 2.43. The Balaban J connectivity index is 1.90. The van der Waals surface area contributed by atoms with Crippen molar-refractivity contribution in [2.24, 2.45) is 4.99 Å². The molecule has 1 aliphatic heterocycles. The number of fused-ring (bicyclic) bond motifs is 4. The average molecular weight is 303 g/mol. The van der Waals surface area contributed by atoms with Crippen LogP contribution in [0.4, 0.5) is 0 Å². The molecule has 0 atom stereocenters. The molecular formula is C19H17N3O. The summed E-state index contributed by atoms with van der Waals surface area (Å²) < 4.78 is 5.65. The summed E-state index contributed by atoms with van der Waals surface area (Å²) in [5, 5.41) is 3.78. The van der Waals surface area contributed by atoms with Crippen molar-refractivity contribution in [3.05, 3.63) is 47.2 Å². The molecule has 2 aromatic carbocycles. The lowest BCUT2D eigenvalue weighted by Gasteiger charge is -2.02. The Labute approximate surface area is 133 Å². The molecule has 0 saturated carbocycles. The quantitative estimate of drug-likeness (QED) is 0.544. The standard InChI is InChI=1S/C19H17N3O/c1-10-16-11(2)18(19-20-7-8-23-19)22-15(16)9-13-12-5-3-4-6-14(12)21-17(10)13/h3-6,9,21-22H,7-8H2,1-2H3. The monoisotopic (exact) mass is 303 g/mol. The van der Waals surface area contributed by atoms with Crippen molar-refractivity contribution < 1.29 is 4.74 Å². The van der Waals surface area contributed by atoms with Crippen LogP contribution in [0.25, 0.3) is 32.7 Å². The Morgan fingerprint density at radius 3 is 2.70 bits per heavy atom. The largest absolute Gasteiger partial charge is 0.474 e. The molecule has 0 amide bonds. The van der Waals surface area contributed by atoms with Gasteiger partial charge < -0.3 is 14.7 Å². The number of hydrogen-bond donors (Lipinski definition) is 2. The highest BCUT2D eigenvalue weighted by Crippen LogP contribution is 2.35. The summed E-state index contributed by atoms with van der Waals surface area (Å²) in [5.41, 5.74) is 7.02. The van der Waals surface area contributed by atoms with Crippen LogP contribution in [-0.4, -0.2) is 29.0 Å². The predicted octanol–water partition coefficient (Wildman–Crippen LogP) is 4.20. The van der Waals surface area contributed by atoms with E-state index in [-0.39, 0.29) is 0 Å². The van der Waals surface area contributed by atoms with Gasteiger partial charge in [0.25, 0.3) is 0 Å². The smallest absolute Gasteiger partial charge is 0.233 e. The van der Waals surface area contributed by atoms with Crippen LogP contribution in [0.1, 0.15) is 16.8 Å². The molecule has 0 spiro atoms. The summed E-state index contributed by atoms with van der Waals surface area (Å²) in [6, 6.07) is 10.7. The van der Waals surface area contributed by atoms with Crippen LogP contribution < -0.4 is 0 Å². The summed E-state index contributed by atoms with van der Waals surface area (Å²) in [7, 11) is 0. The normalized spacial score (nSPS) is 14.8. The molecular weight excluding hydrogens is 286 g/mol. The number of H-pyrrole nitrogens is 2. The van der Waals surface area contributed by atoms with Crippen LogP contribution in [0.3, 0.4) is 0 Å². The Morgan fingerprint density at radius 1 is 1.00 bits per heavy atom. The zero-order valence-electron chi connectivity index (χ0n) is 13.2. The first-order chi connectivity index (χ1) is 11.2. The van der Waals surface area contributed by atoms with Gasteiger partial charge in [-0.3, -0.25) is 0 Å². The van der Waals surface area contributed by atoms with Crippen molar-refractivity contribution >= 4 is 38.6 Å². The van der Waals surface area contributed by atoms with E-state index in [2.05, 4.69) is 59.1 Å². The summed E-state index contributed by atoms with van der Waals surface area (Å²) in [5.74, 6) is 0.742. The number of rotatable bonds is 1. The second kappa shape index (κ2) is 4.38. The summed E-state index contributed by atoms with van der Waals surface area (Å²) >= 11 is 0. The van der Waals surface area contributed by atoms with Gasteiger partial charge in [0.1, 0.15) is 12.3 Å². The van der Waals surface area contributed by atoms with Crippen LogP contribution >= 0.6 is 0 Å². The molecule has 4 heteroatoms. The average Bonchev–Trinajstić information content (AvgIpc) is 3.26. The lowest BCUT2D eigenvalue weighted by atomic mass is 10.0. The third-order valence-corrected chi connectivity index (χ3v) is 4.86. The molecule has 0 aliphatic carbocycles. The summed E-state index contributed by atoms with van der Waals surface area (Å²) in [6.45, 7) is 5.74. The fourth-order valence-electron chi connectivity index (χ4n) is 3.79. The molecule has 23 heavy (non-hydrogen) atoms. The molecule has 2 N–H and O–H groups in total. The number of para-hydroxylation sites is 1. The number of benzene rings is 2. The van der Waals surface area contributed by atoms with Crippen LogP contribution in [0.2, 0.25) is 0 Å². The first-order valence-electron chi connectivity index (χ1n) is 7.94. The minimum absolute atomic E-state index is 0.675. The van der Waals surface area contributed by atoms with Crippen molar-refractivity contribution in [1.29, 1.82) is 0 Å². The van der Waals surface area contributed by atoms with Crippen LogP contribution in [0.15, 0.2) is 35.3 Å². The van der Waals surface area contributed by atoms with Crippen LogP contribution in [0.5, 0.6) is 0 Å². The van der Waals surface area contributed by atoms with Gasteiger partial charge in [-0.15, -0.1) is 0 Å². The number of nitrogens with one attached hydrogen (secondary N) is 2. The zero-order chi connectivity index (χ0) is 15.6. The number of ether oxygens (including phenoxy) is 1. The van der Waals surface area contributed by atoms with Crippen molar-refractivity contribution in [2.75, 3.05) is 13.2 Å². The van der Waals surface area contributed by atoms with E-state index >= 15 is 0 Å². The molecule has 0 fully saturated rings. The van der Waals surface area contributed by atoms with Gasteiger partial charge in [0.2, 0.25) is 5.90 Å². The molecule has 0 radical (unpaired) electrons. The van der Waals surface area contributed by atoms with Gasteiger partial charge in [-0.1, -0.05) is 18.2 Å². The Morgan fingerprint density at radius 2 is 1.87 bits per heavy atom. The Bertz CT molecular complexity index is 1110. The van der Waals surface area contributed by atoms with Gasteiger partial charge >= 0.3 is 0 Å². The van der Waals surface area contributed by atoms with E-state index < -0.39 is 0 Å². The van der Waals surface area contributed by atoms with Crippen LogP contribution in [-0.2, 0) is 4.74 Å². The maximum absolute atomic E-state index is 5.65. The van der Waals surface area contributed by atoms with Gasteiger partial charge in [0.05, 0.1) is 12.1 Å². The number of aromatic amines is 2. The third kappa shape index (κ3) is 1.63. The van der Waals surface area contributed by atoms with Gasteiger partial charge in [-0.2, -0.15) is 0 Å². The van der Waals surface area contributed by atoms with Crippen molar-refractivity contribution in [3.8, 4) is 0 Å². The minimum Gasteiger partial charge on any atom is -0.474 e. The number of nitrogens with zero attached hydrogens (tertiary/aromatic N) is 1. The SMILES string of the molecule is Cc1c(C2=NCCO2)[nH]c2cc3c([nH]c4ccccc43)c(C)c12. The fourth-order valence-corrected chi connectivity index (χ4v) is 3.79. The van der Waals surface area contributed by atoms with Crippen molar-refractivity contribution in [2.45, 2.75) is 13.8 Å². The highest BCUT2D eigenvalue weighted by molar-refractivity contribution is 6.15. The Hall–Kier alpha value is -2.75. The maximum Gasteiger partial charge on any atom is 0.233 e. The molecule has 0 unspecified atom stereocenters. The fraction of sp³-hybridized carbons (Fsp3) is 0.211. The topological polar surface area (TPSA) is 53.2 Å². The molecule has 3 heterocycles. The first-order valence-corrected chi connectivity index (χ1v) is 7.94. The van der Waals surface area contributed by atoms with Crippen molar-refractivity contribution in [1.82, 2.24) is 9.97 Å². The van der Waals surface area contributed by atoms with E-state index in [4.69, 9.17) is 4.74 Å². The molecule has 0 saturated heterocycles. The van der Waals surface area contributed by atoms with E-state index in [1.807, 2.05) is 0 Å². The lowest BCUT2D eigenvalue weighted by molar-refractivity contribution is 0.347. The number of hydrogen-bond acceptors (Lipinski definition) is 2. The van der Waals surface area contributed by atoms with E-state index in [0.29, 0.717) is 6.61 Å². The predicted molar refractivity (Wildman–Crippen MR) is 94.5 cm³/mol. The minimum atomic E-state index is 0.675. The number of aryl methyl sites for hydroxylation is 2. The van der Waals surface area contributed by atoms with E-state index in [0.717, 1.165) is 23.7 Å². The van der Waals surface area contributed by atoms with Gasteiger partial charge in [0.15, 0.2) is 0 Å². The maximum atomic E-state index is 5.65. The van der Waals surface area contributed by atoms with E-state index in [9.17, 15) is 0 Å². The molecule has 4 aromatic rings. The first kappa shape index (κ1) is 12.8. The zero-order valence-corrected chi connectivity index (χ0v) is 13.2. The van der Waals surface area contributed by atoms with Crippen LogP contribution in [0, 0.1) is 13.8 Å². The summed E-state index contributed by atoms with van der Waals surface area (Å²) in [4.78, 5) is 11.5. The second-order valence-corrected chi connectivity index (χ2v) is 6.18. The van der Waals surface area contributed by atoms with E-state index in [1.54, 1.807) is 0 Å². The van der Waals surface area contributed by atoms with Crippen molar-refractivity contribution in [3.63, 3.8) is 0 Å². The molecule has 5 rings (SSSR count).